The van der Waals surface area contributed by atoms with E-state index in [0.29, 0.717) is 38.8 Å². The van der Waals surface area contributed by atoms with Crippen LogP contribution in [0.5, 0.6) is 0 Å². The molecule has 0 heterocycles. The van der Waals surface area contributed by atoms with Crippen molar-refractivity contribution < 1.29 is 53.7 Å². The molecule has 0 aliphatic heterocycles. The van der Waals surface area contributed by atoms with Crippen LogP contribution < -0.4 is 43.8 Å². The second-order valence-electron chi connectivity index (χ2n) is 10.1. The Balaban J connectivity index is 5.54. The van der Waals surface area contributed by atoms with Crippen molar-refractivity contribution in [1.82, 2.24) is 26.6 Å². The Morgan fingerprint density at radius 1 is 0.511 bits per heavy atom. The number of unbranched alkanes of at least 4 members (excludes halogenated alkanes) is 2. The predicted octanol–water partition coefficient (Wildman–Crippen LogP) is -3.93. The highest BCUT2D eigenvalue weighted by atomic mass is 16.4. The Morgan fingerprint density at radius 2 is 0.933 bits per heavy atom. The first kappa shape index (κ1) is 40.6. The van der Waals surface area contributed by atoms with Crippen molar-refractivity contribution in [2.45, 2.75) is 88.4 Å². The summed E-state index contributed by atoms with van der Waals surface area (Å²) in [7, 11) is 0. The molecule has 0 saturated carbocycles. The molecule has 0 aromatic rings. The lowest BCUT2D eigenvalue weighted by molar-refractivity contribution is -0.142. The van der Waals surface area contributed by atoms with Crippen molar-refractivity contribution in [2.75, 3.05) is 26.2 Å². The van der Waals surface area contributed by atoms with Gasteiger partial charge in [-0.3, -0.25) is 33.6 Å². The fraction of sp³-hybridized carbons (Fsp3) is 0.692. The maximum atomic E-state index is 12.9. The Hall–Kier alpha value is -4.36. The summed E-state index contributed by atoms with van der Waals surface area (Å²) in [5.41, 5.74) is 16.2. The van der Waals surface area contributed by atoms with Crippen molar-refractivity contribution in [3.05, 3.63) is 0 Å². The largest absolute Gasteiger partial charge is 0.481 e. The number of aliphatic carboxylic acids is 3. The van der Waals surface area contributed by atoms with Gasteiger partial charge in [-0.1, -0.05) is 0 Å². The zero-order valence-electron chi connectivity index (χ0n) is 25.0. The number of carboxylic acids is 3. The van der Waals surface area contributed by atoms with E-state index >= 15 is 0 Å². The quantitative estimate of drug-likeness (QED) is 0.0422. The summed E-state index contributed by atoms with van der Waals surface area (Å²) < 4.78 is 0. The summed E-state index contributed by atoms with van der Waals surface area (Å²) >= 11 is 0. The molecular weight excluding hydrogens is 600 g/mol. The van der Waals surface area contributed by atoms with Crippen LogP contribution in [0, 0.1) is 0 Å². The number of hydrogen-bond donors (Lipinski definition) is 11. The van der Waals surface area contributed by atoms with Gasteiger partial charge in [-0.2, -0.15) is 0 Å². The molecule has 19 heteroatoms. The summed E-state index contributed by atoms with van der Waals surface area (Å²) in [4.78, 5) is 96.7. The van der Waals surface area contributed by atoms with Gasteiger partial charge in [0.05, 0.1) is 13.1 Å². The minimum atomic E-state index is -1.50. The molecule has 0 bridgehead atoms. The van der Waals surface area contributed by atoms with Gasteiger partial charge in [0.1, 0.15) is 24.2 Å². The molecule has 0 unspecified atom stereocenters. The first-order chi connectivity index (χ1) is 21.2. The fourth-order valence-corrected chi connectivity index (χ4v) is 3.92. The van der Waals surface area contributed by atoms with E-state index in [1.807, 2.05) is 0 Å². The van der Waals surface area contributed by atoms with E-state index in [0.717, 1.165) is 0 Å². The molecule has 0 aliphatic carbocycles. The SMILES string of the molecule is NCCCC[C@H](NC(=O)[C@H](CCCCN)NC(=O)CNC(=O)[C@H](CCC(=O)O)NC(=O)[C@H](CCC(=O)O)NC(=O)CN)C(=O)O. The van der Waals surface area contributed by atoms with Crippen molar-refractivity contribution in [2.24, 2.45) is 17.2 Å². The van der Waals surface area contributed by atoms with Crippen LogP contribution in [0.1, 0.15) is 64.2 Å². The molecule has 0 spiro atoms. The van der Waals surface area contributed by atoms with Gasteiger partial charge in [0.15, 0.2) is 0 Å². The molecule has 0 aromatic carbocycles. The molecule has 5 amide bonds. The van der Waals surface area contributed by atoms with Crippen molar-refractivity contribution in [3.63, 3.8) is 0 Å². The number of carboxylic acid groups (broad SMARTS) is 3. The first-order valence-corrected chi connectivity index (χ1v) is 14.5. The molecule has 256 valence electrons. The molecule has 0 radical (unpaired) electrons. The molecule has 4 atom stereocenters. The van der Waals surface area contributed by atoms with Gasteiger partial charge in [-0.15, -0.1) is 0 Å². The number of rotatable bonds is 25. The minimum Gasteiger partial charge on any atom is -0.481 e. The fourth-order valence-electron chi connectivity index (χ4n) is 3.92. The third kappa shape index (κ3) is 18.8. The van der Waals surface area contributed by atoms with Gasteiger partial charge < -0.3 is 59.1 Å². The second kappa shape index (κ2) is 23.1. The number of amides is 5. The van der Waals surface area contributed by atoms with Gasteiger partial charge in [-0.05, 0) is 64.5 Å². The van der Waals surface area contributed by atoms with Crippen LogP contribution in [-0.2, 0) is 38.4 Å². The van der Waals surface area contributed by atoms with Crippen molar-refractivity contribution in [1.29, 1.82) is 0 Å². The Bertz CT molecular complexity index is 1030. The minimum absolute atomic E-state index is 0.113. The summed E-state index contributed by atoms with van der Waals surface area (Å²) in [6.45, 7) is -0.554. The topological polar surface area (TPSA) is 335 Å². The van der Waals surface area contributed by atoms with Crippen LogP contribution in [0.15, 0.2) is 0 Å². The summed E-state index contributed by atoms with van der Waals surface area (Å²) in [6.07, 6.45) is 0.295. The van der Waals surface area contributed by atoms with Crippen LogP contribution in [-0.4, -0.2) is 113 Å². The van der Waals surface area contributed by atoms with Crippen LogP contribution in [0.4, 0.5) is 0 Å². The van der Waals surface area contributed by atoms with E-state index in [9.17, 15) is 43.5 Å². The van der Waals surface area contributed by atoms with E-state index in [2.05, 4.69) is 26.6 Å². The molecule has 45 heavy (non-hydrogen) atoms. The van der Waals surface area contributed by atoms with E-state index in [1.165, 1.54) is 0 Å². The van der Waals surface area contributed by atoms with Crippen molar-refractivity contribution >= 4 is 47.4 Å². The highest BCUT2D eigenvalue weighted by Gasteiger charge is 2.29. The maximum absolute atomic E-state index is 12.9. The molecule has 0 aromatic heterocycles. The van der Waals surface area contributed by atoms with Crippen LogP contribution in [0.25, 0.3) is 0 Å². The number of carbonyl (C=O) groups excluding carboxylic acids is 5. The second-order valence-corrected chi connectivity index (χ2v) is 10.1. The summed E-state index contributed by atoms with van der Waals surface area (Å²) in [5.74, 6) is -8.16. The average molecular weight is 647 g/mol. The molecule has 0 saturated heterocycles. The monoisotopic (exact) mass is 646 g/mol. The lowest BCUT2D eigenvalue weighted by Gasteiger charge is -2.23. The summed E-state index contributed by atoms with van der Waals surface area (Å²) in [6, 6.07) is -5.29. The standard InChI is InChI=1S/C26H46N8O11/c27-11-3-1-5-15(24(42)34-18(26(44)45)6-2-4-12-28)32-20(36)14-30-23(41)16(7-9-21(37)38)33-25(43)17(8-10-22(39)40)31-19(35)13-29/h15-18H,1-14,27-29H2,(H,30,41)(H,31,35)(H,32,36)(H,33,43)(H,34,42)(H,37,38)(H,39,40)(H,44,45)/t15-,16-,17-,18-/m0/s1. The molecule has 0 fully saturated rings. The van der Waals surface area contributed by atoms with Gasteiger partial charge in [0.25, 0.3) is 0 Å². The van der Waals surface area contributed by atoms with Crippen LogP contribution in [0.2, 0.25) is 0 Å². The molecule has 0 aliphatic rings. The third-order valence-electron chi connectivity index (χ3n) is 6.35. The van der Waals surface area contributed by atoms with Crippen LogP contribution in [0.3, 0.4) is 0 Å². The first-order valence-electron chi connectivity index (χ1n) is 14.5. The Morgan fingerprint density at radius 3 is 1.38 bits per heavy atom. The number of nitrogens with one attached hydrogen (secondary N) is 5. The number of hydrogen-bond acceptors (Lipinski definition) is 11. The van der Waals surface area contributed by atoms with Gasteiger partial charge in [0, 0.05) is 12.8 Å². The molecule has 19 nitrogen and oxygen atoms in total. The van der Waals surface area contributed by atoms with Crippen LogP contribution >= 0.6 is 0 Å². The van der Waals surface area contributed by atoms with Gasteiger partial charge >= 0.3 is 17.9 Å². The number of carbonyl (C=O) groups is 8. The molecule has 0 rings (SSSR count). The zero-order valence-corrected chi connectivity index (χ0v) is 25.0. The van der Waals surface area contributed by atoms with Crippen molar-refractivity contribution in [3.8, 4) is 0 Å². The lowest BCUT2D eigenvalue weighted by atomic mass is 10.1. The van der Waals surface area contributed by atoms with E-state index in [4.69, 9.17) is 27.4 Å². The highest BCUT2D eigenvalue weighted by Crippen LogP contribution is 2.06. The number of nitrogens with two attached hydrogens (primary N) is 3. The zero-order chi connectivity index (χ0) is 34.4. The predicted molar refractivity (Wildman–Crippen MR) is 157 cm³/mol. The Labute approximate surface area is 259 Å². The highest BCUT2D eigenvalue weighted by molar-refractivity contribution is 5.95. The summed E-state index contributed by atoms with van der Waals surface area (Å²) in [5, 5.41) is 39.0. The van der Waals surface area contributed by atoms with E-state index in [-0.39, 0.29) is 19.3 Å². The Kier molecular flexibility index (Phi) is 20.8. The lowest BCUT2D eigenvalue weighted by Crippen LogP contribution is -2.56. The van der Waals surface area contributed by atoms with Gasteiger partial charge in [0.2, 0.25) is 29.5 Å². The van der Waals surface area contributed by atoms with E-state index in [1.54, 1.807) is 0 Å². The van der Waals surface area contributed by atoms with E-state index < -0.39 is 104 Å². The molecule has 14 N–H and O–H groups in total. The maximum Gasteiger partial charge on any atom is 0.326 e. The smallest absolute Gasteiger partial charge is 0.326 e. The average Bonchev–Trinajstić information content (AvgIpc) is 2.98. The molecular formula is C26H46N8O11. The third-order valence-corrected chi connectivity index (χ3v) is 6.35. The normalized spacial score (nSPS) is 13.3. The van der Waals surface area contributed by atoms with Gasteiger partial charge in [-0.25, -0.2) is 4.79 Å².